The van der Waals surface area contributed by atoms with Gasteiger partial charge < -0.3 is 10.0 Å². The Morgan fingerprint density at radius 1 is 1.30 bits per heavy atom. The van der Waals surface area contributed by atoms with Crippen molar-refractivity contribution in [2.75, 3.05) is 11.4 Å². The molecular weight excluding hydrogens is 322 g/mol. The zero-order chi connectivity index (χ0) is 14.3. The molecule has 0 spiro atoms. The molecule has 0 radical (unpaired) electrons. The standard InChI is InChI=1S/C15H16BrNO3/c16-10-3-4-13-12(8-10)11(15(19)20)5-6-17(13)14(18)7-9-1-2-9/h3-4,8-9,11H,1-2,5-7H2,(H,19,20). The van der Waals surface area contributed by atoms with Gasteiger partial charge in [-0.05, 0) is 48.9 Å². The molecule has 1 aromatic rings. The number of rotatable bonds is 3. The number of carbonyl (C=O) groups excluding carboxylic acids is 1. The second kappa shape index (κ2) is 5.20. The van der Waals surface area contributed by atoms with Crippen LogP contribution in [-0.2, 0) is 9.59 Å². The predicted molar refractivity (Wildman–Crippen MR) is 78.8 cm³/mol. The van der Waals surface area contributed by atoms with Crippen LogP contribution in [0.1, 0.15) is 37.2 Å². The summed E-state index contributed by atoms with van der Waals surface area (Å²) < 4.78 is 0.846. The van der Waals surface area contributed by atoms with Gasteiger partial charge in [-0.15, -0.1) is 0 Å². The molecule has 20 heavy (non-hydrogen) atoms. The third kappa shape index (κ3) is 2.59. The molecule has 1 fully saturated rings. The van der Waals surface area contributed by atoms with Gasteiger partial charge in [0.2, 0.25) is 5.91 Å². The number of amides is 1. The number of nitrogens with zero attached hydrogens (tertiary/aromatic N) is 1. The van der Waals surface area contributed by atoms with E-state index in [-0.39, 0.29) is 5.91 Å². The van der Waals surface area contributed by atoms with E-state index in [0.29, 0.717) is 25.3 Å². The van der Waals surface area contributed by atoms with E-state index < -0.39 is 11.9 Å². The van der Waals surface area contributed by atoms with Crippen molar-refractivity contribution in [3.63, 3.8) is 0 Å². The summed E-state index contributed by atoms with van der Waals surface area (Å²) in [6, 6.07) is 5.53. The molecule has 1 heterocycles. The maximum absolute atomic E-state index is 12.3. The first-order valence-corrected chi connectivity index (χ1v) is 7.68. The average Bonchev–Trinajstić information content (AvgIpc) is 3.20. The highest BCUT2D eigenvalue weighted by Crippen LogP contribution is 2.39. The lowest BCUT2D eigenvalue weighted by molar-refractivity contribution is -0.139. The molecule has 5 heteroatoms. The Morgan fingerprint density at radius 3 is 2.70 bits per heavy atom. The summed E-state index contributed by atoms with van der Waals surface area (Å²) in [6.45, 7) is 0.497. The molecular formula is C15H16BrNO3. The molecule has 106 valence electrons. The minimum absolute atomic E-state index is 0.125. The fraction of sp³-hybridized carbons (Fsp3) is 0.467. The van der Waals surface area contributed by atoms with Crippen molar-refractivity contribution in [1.82, 2.24) is 0 Å². The molecule has 2 aliphatic rings. The highest BCUT2D eigenvalue weighted by atomic mass is 79.9. The Morgan fingerprint density at radius 2 is 2.05 bits per heavy atom. The van der Waals surface area contributed by atoms with Crippen LogP contribution >= 0.6 is 15.9 Å². The predicted octanol–water partition coefficient (Wildman–Crippen LogP) is 3.15. The summed E-state index contributed by atoms with van der Waals surface area (Å²) in [6.07, 6.45) is 3.36. The maximum atomic E-state index is 12.3. The molecule has 0 bridgehead atoms. The fourth-order valence-corrected chi connectivity index (χ4v) is 3.16. The molecule has 1 saturated carbocycles. The Hall–Kier alpha value is -1.36. The van der Waals surface area contributed by atoms with E-state index in [0.717, 1.165) is 28.6 Å². The van der Waals surface area contributed by atoms with Crippen LogP contribution in [0.15, 0.2) is 22.7 Å². The first-order valence-electron chi connectivity index (χ1n) is 6.89. The number of carboxylic acid groups (broad SMARTS) is 1. The topological polar surface area (TPSA) is 57.6 Å². The second-order valence-electron chi connectivity index (χ2n) is 5.58. The van der Waals surface area contributed by atoms with Crippen LogP contribution in [0.25, 0.3) is 0 Å². The average molecular weight is 338 g/mol. The van der Waals surface area contributed by atoms with Crippen molar-refractivity contribution in [1.29, 1.82) is 0 Å². The summed E-state index contributed by atoms with van der Waals surface area (Å²) in [4.78, 5) is 25.5. The third-order valence-corrected chi connectivity index (χ3v) is 4.55. The van der Waals surface area contributed by atoms with Crippen LogP contribution in [0.3, 0.4) is 0 Å². The number of aliphatic carboxylic acids is 1. The van der Waals surface area contributed by atoms with E-state index in [1.54, 1.807) is 4.90 Å². The number of carboxylic acids is 1. The first-order chi connectivity index (χ1) is 9.56. The molecule has 1 unspecified atom stereocenters. The van der Waals surface area contributed by atoms with Crippen LogP contribution in [0.2, 0.25) is 0 Å². The van der Waals surface area contributed by atoms with Gasteiger partial charge in [-0.1, -0.05) is 15.9 Å². The van der Waals surface area contributed by atoms with Crippen molar-refractivity contribution in [2.45, 2.75) is 31.6 Å². The summed E-state index contributed by atoms with van der Waals surface area (Å²) >= 11 is 3.38. The SMILES string of the molecule is O=C(O)C1CCN(C(=O)CC2CC2)c2ccc(Br)cc21. The number of benzene rings is 1. The molecule has 1 aromatic carbocycles. The van der Waals surface area contributed by atoms with Gasteiger partial charge in [0.15, 0.2) is 0 Å². The van der Waals surface area contributed by atoms with Crippen LogP contribution in [0.4, 0.5) is 5.69 Å². The van der Waals surface area contributed by atoms with E-state index >= 15 is 0 Å². The molecule has 4 nitrogen and oxygen atoms in total. The fourth-order valence-electron chi connectivity index (χ4n) is 2.78. The lowest BCUT2D eigenvalue weighted by Gasteiger charge is -2.33. The quantitative estimate of drug-likeness (QED) is 0.921. The summed E-state index contributed by atoms with van der Waals surface area (Å²) in [5.74, 6) is -0.676. The molecule has 1 N–H and O–H groups in total. The van der Waals surface area contributed by atoms with Gasteiger partial charge in [-0.2, -0.15) is 0 Å². The highest BCUT2D eigenvalue weighted by Gasteiger charge is 2.34. The molecule has 1 amide bonds. The van der Waals surface area contributed by atoms with Crippen molar-refractivity contribution in [2.24, 2.45) is 5.92 Å². The summed E-state index contributed by atoms with van der Waals surface area (Å²) in [7, 11) is 0. The van der Waals surface area contributed by atoms with E-state index in [2.05, 4.69) is 15.9 Å². The van der Waals surface area contributed by atoms with Gasteiger partial charge in [0.25, 0.3) is 0 Å². The summed E-state index contributed by atoms with van der Waals surface area (Å²) in [5, 5.41) is 9.34. The number of carbonyl (C=O) groups is 2. The van der Waals surface area contributed by atoms with Crippen LogP contribution in [0, 0.1) is 5.92 Å². The number of hydrogen-bond acceptors (Lipinski definition) is 2. The molecule has 0 aromatic heterocycles. The monoisotopic (exact) mass is 337 g/mol. The molecule has 1 atom stereocenters. The third-order valence-electron chi connectivity index (χ3n) is 4.06. The van der Waals surface area contributed by atoms with E-state index in [1.165, 1.54) is 0 Å². The zero-order valence-electron chi connectivity index (χ0n) is 11.0. The smallest absolute Gasteiger partial charge is 0.311 e. The largest absolute Gasteiger partial charge is 0.481 e. The van der Waals surface area contributed by atoms with Gasteiger partial charge in [0, 0.05) is 23.1 Å². The number of hydrogen-bond donors (Lipinski definition) is 1. The van der Waals surface area contributed by atoms with E-state index in [1.807, 2.05) is 18.2 Å². The molecule has 3 rings (SSSR count). The number of fused-ring (bicyclic) bond motifs is 1. The van der Waals surface area contributed by atoms with Gasteiger partial charge in [0.1, 0.15) is 0 Å². The van der Waals surface area contributed by atoms with Gasteiger partial charge >= 0.3 is 5.97 Å². The number of anilines is 1. The zero-order valence-corrected chi connectivity index (χ0v) is 12.6. The van der Waals surface area contributed by atoms with E-state index in [4.69, 9.17) is 0 Å². The first kappa shape index (κ1) is 13.6. The Bertz CT molecular complexity index is 568. The number of halogens is 1. The van der Waals surface area contributed by atoms with Gasteiger partial charge in [-0.25, -0.2) is 0 Å². The van der Waals surface area contributed by atoms with Crippen LogP contribution in [-0.4, -0.2) is 23.5 Å². The van der Waals surface area contributed by atoms with Crippen molar-refractivity contribution in [3.8, 4) is 0 Å². The Balaban J connectivity index is 1.93. The van der Waals surface area contributed by atoms with Crippen LogP contribution < -0.4 is 4.90 Å². The lowest BCUT2D eigenvalue weighted by Crippen LogP contribution is -2.38. The maximum Gasteiger partial charge on any atom is 0.311 e. The second-order valence-corrected chi connectivity index (χ2v) is 6.49. The van der Waals surface area contributed by atoms with Gasteiger partial charge in [0.05, 0.1) is 5.92 Å². The molecule has 0 saturated heterocycles. The minimum atomic E-state index is -0.821. The van der Waals surface area contributed by atoms with Crippen molar-refractivity contribution in [3.05, 3.63) is 28.2 Å². The lowest BCUT2D eigenvalue weighted by atomic mass is 9.89. The van der Waals surface area contributed by atoms with E-state index in [9.17, 15) is 14.7 Å². The van der Waals surface area contributed by atoms with Gasteiger partial charge in [-0.3, -0.25) is 9.59 Å². The normalized spacial score (nSPS) is 21.4. The Kier molecular flexibility index (Phi) is 3.54. The minimum Gasteiger partial charge on any atom is -0.481 e. The molecule has 1 aliphatic heterocycles. The molecule has 1 aliphatic carbocycles. The highest BCUT2D eigenvalue weighted by molar-refractivity contribution is 9.10. The Labute approximate surface area is 125 Å². The van der Waals surface area contributed by atoms with Crippen molar-refractivity contribution < 1.29 is 14.7 Å². The summed E-state index contributed by atoms with van der Waals surface area (Å²) in [5.41, 5.74) is 1.50. The van der Waals surface area contributed by atoms with Crippen LogP contribution in [0.5, 0.6) is 0 Å². The van der Waals surface area contributed by atoms with Crippen molar-refractivity contribution >= 4 is 33.5 Å².